The van der Waals surface area contributed by atoms with Gasteiger partial charge >= 0.3 is 0 Å². The Hall–Kier alpha value is -3.33. The zero-order valence-electron chi connectivity index (χ0n) is 19.3. The summed E-state index contributed by atoms with van der Waals surface area (Å²) >= 11 is 0. The maximum absolute atomic E-state index is 13.6. The van der Waals surface area contributed by atoms with Gasteiger partial charge in [0.1, 0.15) is 5.82 Å². The number of nitrogens with zero attached hydrogens (tertiary/aromatic N) is 5. The predicted molar refractivity (Wildman–Crippen MR) is 125 cm³/mol. The highest BCUT2D eigenvalue weighted by Crippen LogP contribution is 2.28. The van der Waals surface area contributed by atoms with E-state index in [1.807, 2.05) is 4.90 Å². The Bertz CT molecular complexity index is 1200. The third kappa shape index (κ3) is 4.52. The second-order valence-electron chi connectivity index (χ2n) is 9.02. The maximum Gasteiger partial charge on any atom is 0.259 e. The number of halogens is 1. The van der Waals surface area contributed by atoms with Gasteiger partial charge in [-0.05, 0) is 56.5 Å². The molecule has 0 spiro atoms. The van der Waals surface area contributed by atoms with Crippen LogP contribution in [0.1, 0.15) is 35.3 Å². The maximum atomic E-state index is 13.6. The molecule has 2 saturated heterocycles. The Morgan fingerprint density at radius 3 is 2.38 bits per heavy atom. The summed E-state index contributed by atoms with van der Waals surface area (Å²) in [5.74, 6) is -0.281. The Labute approximate surface area is 197 Å². The van der Waals surface area contributed by atoms with Crippen molar-refractivity contribution < 1.29 is 18.5 Å². The van der Waals surface area contributed by atoms with Crippen molar-refractivity contribution in [3.05, 3.63) is 47.4 Å². The summed E-state index contributed by atoms with van der Waals surface area (Å²) in [4.78, 5) is 36.5. The molecule has 178 valence electrons. The molecule has 1 aromatic carbocycles. The van der Waals surface area contributed by atoms with Crippen molar-refractivity contribution in [2.75, 3.05) is 45.8 Å². The van der Waals surface area contributed by atoms with Gasteiger partial charge in [0.25, 0.3) is 11.6 Å². The normalized spacial score (nSPS) is 17.4. The number of benzene rings is 1. The van der Waals surface area contributed by atoms with E-state index in [-0.39, 0.29) is 23.3 Å². The fraction of sp³-hybridized carbons (Fsp3) is 0.440. The zero-order valence-corrected chi connectivity index (χ0v) is 19.3. The molecule has 0 saturated carbocycles. The highest BCUT2D eigenvalue weighted by molar-refractivity contribution is 6.07. The monoisotopic (exact) mass is 465 g/mol. The largest absolute Gasteiger partial charge is 0.342 e. The van der Waals surface area contributed by atoms with E-state index in [9.17, 15) is 14.0 Å². The average molecular weight is 466 g/mol. The van der Waals surface area contributed by atoms with Gasteiger partial charge in [-0.3, -0.25) is 14.5 Å². The van der Waals surface area contributed by atoms with Crippen LogP contribution >= 0.6 is 0 Å². The molecular formula is C25H28FN5O3. The van der Waals surface area contributed by atoms with Crippen LogP contribution in [0.25, 0.3) is 22.4 Å². The molecule has 2 aromatic heterocycles. The molecule has 5 rings (SSSR count). The molecule has 2 fully saturated rings. The van der Waals surface area contributed by atoms with Crippen molar-refractivity contribution in [2.24, 2.45) is 0 Å². The standard InChI is InChI=1S/C25H28FN5O3/c1-17-23-20(15-21(27-24(23)34-28-17)18-5-7-19(26)8-6-18)25(33)31-13-11-29(12-14-31)16-22(32)30-9-3-2-4-10-30/h5-8,15H,2-4,9-14,16H2,1H3. The first kappa shape index (κ1) is 22.5. The molecule has 0 radical (unpaired) electrons. The summed E-state index contributed by atoms with van der Waals surface area (Å²) in [5.41, 5.74) is 2.57. The molecule has 8 nitrogen and oxygen atoms in total. The summed E-state index contributed by atoms with van der Waals surface area (Å²) < 4.78 is 18.8. The number of hydrogen-bond acceptors (Lipinski definition) is 6. The van der Waals surface area contributed by atoms with E-state index in [2.05, 4.69) is 15.0 Å². The van der Waals surface area contributed by atoms with Gasteiger partial charge in [-0.15, -0.1) is 0 Å². The SMILES string of the molecule is Cc1noc2nc(-c3ccc(F)cc3)cc(C(=O)N3CCN(CC(=O)N4CCCCC4)CC3)c12. The molecule has 0 atom stereocenters. The summed E-state index contributed by atoms with van der Waals surface area (Å²) in [7, 11) is 0. The molecule has 3 aromatic rings. The van der Waals surface area contributed by atoms with Crippen molar-refractivity contribution in [2.45, 2.75) is 26.2 Å². The summed E-state index contributed by atoms with van der Waals surface area (Å²) in [6.45, 7) is 6.25. The summed E-state index contributed by atoms with van der Waals surface area (Å²) in [6.07, 6.45) is 3.36. The van der Waals surface area contributed by atoms with Gasteiger partial charge in [-0.25, -0.2) is 9.37 Å². The second kappa shape index (κ2) is 9.50. The lowest BCUT2D eigenvalue weighted by Gasteiger charge is -2.36. The Kier molecular flexibility index (Phi) is 6.28. The Morgan fingerprint density at radius 2 is 1.68 bits per heavy atom. The van der Waals surface area contributed by atoms with Crippen molar-refractivity contribution in [3.63, 3.8) is 0 Å². The minimum Gasteiger partial charge on any atom is -0.342 e. The van der Waals surface area contributed by atoms with Gasteiger partial charge in [0.2, 0.25) is 5.91 Å². The molecule has 0 aliphatic carbocycles. The van der Waals surface area contributed by atoms with E-state index in [0.717, 1.165) is 25.9 Å². The van der Waals surface area contributed by atoms with E-state index in [0.29, 0.717) is 60.6 Å². The minimum absolute atomic E-state index is 0.121. The molecule has 34 heavy (non-hydrogen) atoms. The van der Waals surface area contributed by atoms with Crippen LogP contribution in [-0.4, -0.2) is 82.5 Å². The Morgan fingerprint density at radius 1 is 0.971 bits per heavy atom. The number of fused-ring (bicyclic) bond motifs is 1. The number of pyridine rings is 1. The van der Waals surface area contributed by atoms with Crippen LogP contribution in [0.3, 0.4) is 0 Å². The van der Waals surface area contributed by atoms with E-state index in [4.69, 9.17) is 4.52 Å². The second-order valence-corrected chi connectivity index (χ2v) is 9.02. The van der Waals surface area contributed by atoms with Crippen LogP contribution < -0.4 is 0 Å². The molecule has 0 N–H and O–H groups in total. The lowest BCUT2D eigenvalue weighted by molar-refractivity contribution is -0.133. The van der Waals surface area contributed by atoms with Crippen LogP contribution in [0.4, 0.5) is 4.39 Å². The molecule has 9 heteroatoms. The van der Waals surface area contributed by atoms with Crippen molar-refractivity contribution in [3.8, 4) is 11.3 Å². The van der Waals surface area contributed by atoms with Gasteiger partial charge in [0.15, 0.2) is 0 Å². The molecule has 4 heterocycles. The lowest BCUT2D eigenvalue weighted by Crippen LogP contribution is -2.52. The van der Waals surface area contributed by atoms with Gasteiger partial charge in [0.05, 0.1) is 28.9 Å². The highest BCUT2D eigenvalue weighted by Gasteiger charge is 2.28. The fourth-order valence-corrected chi connectivity index (χ4v) is 4.75. The number of likely N-dealkylation sites (tertiary alicyclic amines) is 1. The first-order valence-corrected chi connectivity index (χ1v) is 11.8. The number of rotatable bonds is 4. The van der Waals surface area contributed by atoms with E-state index < -0.39 is 0 Å². The fourth-order valence-electron chi connectivity index (χ4n) is 4.75. The molecule has 2 aliphatic rings. The predicted octanol–water partition coefficient (Wildman–Crippen LogP) is 3.11. The first-order chi connectivity index (χ1) is 16.5. The van der Waals surface area contributed by atoms with Gasteiger partial charge in [-0.2, -0.15) is 0 Å². The number of carbonyl (C=O) groups excluding carboxylic acids is 2. The van der Waals surface area contributed by atoms with Gasteiger partial charge < -0.3 is 14.3 Å². The smallest absolute Gasteiger partial charge is 0.259 e. The number of aryl methyl sites for hydroxylation is 1. The number of hydrogen-bond donors (Lipinski definition) is 0. The lowest BCUT2D eigenvalue weighted by atomic mass is 10.0. The van der Waals surface area contributed by atoms with Crippen molar-refractivity contribution >= 4 is 22.9 Å². The van der Waals surface area contributed by atoms with Crippen molar-refractivity contribution in [1.29, 1.82) is 0 Å². The molecule has 2 aliphatic heterocycles. The molecule has 0 bridgehead atoms. The van der Waals surface area contributed by atoms with Crippen LogP contribution in [0.15, 0.2) is 34.9 Å². The quantitative estimate of drug-likeness (QED) is 0.589. The highest BCUT2D eigenvalue weighted by atomic mass is 19.1. The van der Waals surface area contributed by atoms with Gasteiger partial charge in [-0.1, -0.05) is 5.16 Å². The molecular weight excluding hydrogens is 437 g/mol. The summed E-state index contributed by atoms with van der Waals surface area (Å²) in [5, 5.41) is 4.60. The van der Waals surface area contributed by atoms with Crippen LogP contribution in [-0.2, 0) is 4.79 Å². The molecule has 0 unspecified atom stereocenters. The van der Waals surface area contributed by atoms with E-state index >= 15 is 0 Å². The third-order valence-corrected chi connectivity index (χ3v) is 6.71. The number of aromatic nitrogens is 2. The average Bonchev–Trinajstić information content (AvgIpc) is 3.25. The number of amides is 2. The van der Waals surface area contributed by atoms with E-state index in [1.165, 1.54) is 18.6 Å². The topological polar surface area (TPSA) is 82.8 Å². The van der Waals surface area contributed by atoms with Gasteiger partial charge in [0, 0.05) is 44.8 Å². The first-order valence-electron chi connectivity index (χ1n) is 11.8. The van der Waals surface area contributed by atoms with Crippen LogP contribution in [0.2, 0.25) is 0 Å². The summed E-state index contributed by atoms with van der Waals surface area (Å²) in [6, 6.07) is 7.70. The van der Waals surface area contributed by atoms with E-state index in [1.54, 1.807) is 30.0 Å². The third-order valence-electron chi connectivity index (χ3n) is 6.71. The number of piperazine rings is 1. The number of piperidine rings is 1. The zero-order chi connectivity index (χ0) is 23.7. The molecule has 2 amide bonds. The van der Waals surface area contributed by atoms with Crippen LogP contribution in [0, 0.1) is 12.7 Å². The van der Waals surface area contributed by atoms with Crippen molar-refractivity contribution in [1.82, 2.24) is 24.8 Å². The van der Waals surface area contributed by atoms with Crippen LogP contribution in [0.5, 0.6) is 0 Å². The minimum atomic E-state index is -0.340. The number of carbonyl (C=O) groups is 2. The Balaban J connectivity index is 1.32.